The topological polar surface area (TPSA) is 146 Å². The van der Waals surface area contributed by atoms with Gasteiger partial charge in [0.05, 0.1) is 50.1 Å². The molecule has 0 radical (unpaired) electrons. The number of phenols is 1. The average Bonchev–Trinajstić information content (AvgIpc) is 3.57. The van der Waals surface area contributed by atoms with Crippen molar-refractivity contribution in [3.63, 3.8) is 0 Å². The fourth-order valence-corrected chi connectivity index (χ4v) is 10.1. The second-order valence-corrected chi connectivity index (χ2v) is 16.6. The first-order valence-corrected chi connectivity index (χ1v) is 19.7. The van der Waals surface area contributed by atoms with Crippen molar-refractivity contribution < 1.29 is 47.0 Å². The number of alkyl halides is 3. The first kappa shape index (κ1) is 39.8. The largest absolute Gasteiger partial charge is 0.504 e. The van der Waals surface area contributed by atoms with Crippen molar-refractivity contribution in [1.29, 1.82) is 0 Å². The van der Waals surface area contributed by atoms with E-state index >= 15 is 4.79 Å². The zero-order valence-electron chi connectivity index (χ0n) is 30.3. The molecule has 11 nitrogen and oxygen atoms in total. The number of aromatic nitrogens is 1. The molecule has 4 amide bonds. The van der Waals surface area contributed by atoms with Gasteiger partial charge >= 0.3 is 6.18 Å². The number of nitrogens with zero attached hydrogens (tertiary/aromatic N) is 3. The number of halogens is 6. The Balaban J connectivity index is 1.32. The number of ether oxygens (including phenoxy) is 1. The zero-order valence-corrected chi connectivity index (χ0v) is 34.0. The van der Waals surface area contributed by atoms with E-state index < -0.39 is 81.2 Å². The number of benzene rings is 3. The lowest BCUT2D eigenvalue weighted by molar-refractivity contribution is -0.139. The summed E-state index contributed by atoms with van der Waals surface area (Å²) in [4.78, 5) is 76.0. The summed E-state index contributed by atoms with van der Waals surface area (Å²) in [5.74, 6) is -8.04. The molecule has 298 valence electrons. The molecule has 1 aromatic heterocycles. The number of rotatable bonds is 7. The smallest absolute Gasteiger partial charge is 0.417 e. The Bertz CT molecular complexity index is 2480. The minimum atomic E-state index is -4.77. The van der Waals surface area contributed by atoms with Gasteiger partial charge in [-0.05, 0) is 114 Å². The number of phenolic OH excluding ortho intramolecular Hbond substituents is 1. The molecule has 3 fully saturated rings. The van der Waals surface area contributed by atoms with E-state index in [1.54, 1.807) is 36.4 Å². The van der Waals surface area contributed by atoms with Gasteiger partial charge < -0.3 is 9.84 Å². The fraction of sp³-hybridized carbons (Fsp3) is 0.268. The number of nitrogens with one attached hydrogen (secondary N) is 1. The number of aromatic hydroxyl groups is 1. The van der Waals surface area contributed by atoms with Gasteiger partial charge in [-0.15, -0.1) is 0 Å². The number of anilines is 2. The molecular weight excluding hydrogens is 915 g/mol. The number of fused-ring (bicyclic) bond motifs is 4. The highest BCUT2D eigenvalue weighted by molar-refractivity contribution is 14.1. The lowest BCUT2D eigenvalue weighted by atomic mass is 9.49. The van der Waals surface area contributed by atoms with Crippen LogP contribution in [0, 0.1) is 27.2 Å². The molecule has 4 aliphatic rings. The number of methoxy groups -OCH3 is 1. The van der Waals surface area contributed by atoms with Gasteiger partial charge in [0.15, 0.2) is 23.1 Å². The lowest BCUT2D eigenvalue weighted by Crippen LogP contribution is -2.53. The number of imide groups is 2. The summed E-state index contributed by atoms with van der Waals surface area (Å²) >= 11 is 14.5. The summed E-state index contributed by atoms with van der Waals surface area (Å²) < 4.78 is 46.5. The van der Waals surface area contributed by atoms with E-state index in [-0.39, 0.29) is 35.8 Å². The van der Waals surface area contributed by atoms with Crippen molar-refractivity contribution in [2.75, 3.05) is 17.4 Å². The van der Waals surface area contributed by atoms with E-state index in [1.807, 2.05) is 28.7 Å². The highest BCUT2D eigenvalue weighted by Crippen LogP contribution is 2.64. The van der Waals surface area contributed by atoms with Crippen LogP contribution in [0.15, 0.2) is 84.6 Å². The maximum Gasteiger partial charge on any atom is 0.417 e. The van der Waals surface area contributed by atoms with Gasteiger partial charge in [-0.25, -0.2) is 4.98 Å². The van der Waals surface area contributed by atoms with Crippen molar-refractivity contribution in [2.45, 2.75) is 37.3 Å². The number of carbonyl (C=O) groups is 5. The molecule has 58 heavy (non-hydrogen) atoms. The predicted octanol–water partition coefficient (Wildman–Crippen LogP) is 8.12. The van der Waals surface area contributed by atoms with Crippen LogP contribution < -0.4 is 15.1 Å². The normalized spacial score (nSPS) is 25.3. The third-order valence-corrected chi connectivity index (χ3v) is 13.1. The predicted molar refractivity (Wildman–Crippen MR) is 213 cm³/mol. The number of carbonyl (C=O) groups excluding carboxylic acids is 5. The third kappa shape index (κ3) is 6.06. The quantitative estimate of drug-likeness (QED) is 0.0812. The summed E-state index contributed by atoms with van der Waals surface area (Å²) in [6.07, 6.45) is -2.39. The van der Waals surface area contributed by atoms with E-state index in [9.17, 15) is 37.5 Å². The average molecular weight is 946 g/mol. The van der Waals surface area contributed by atoms with Gasteiger partial charge in [-0.1, -0.05) is 47.0 Å². The van der Waals surface area contributed by atoms with E-state index in [4.69, 9.17) is 27.9 Å². The molecule has 2 aliphatic heterocycles. The van der Waals surface area contributed by atoms with Crippen LogP contribution in [0.2, 0.25) is 10.0 Å². The SMILES string of the molecule is COc1cc(C2C3=CCC4C(=O)N(c5ccc(C(C)=O)cc5)C(=O)C4C3CC3C(=O)N(Nc4ncc(C(F)(F)F)cc4Cl)C(=O)C32c2ccc(Cl)cc2)cc(I)c1O. The Morgan fingerprint density at radius 3 is 2.29 bits per heavy atom. The van der Waals surface area contributed by atoms with Crippen molar-refractivity contribution in [3.05, 3.63) is 120 Å². The maximum absolute atomic E-state index is 15.4. The molecule has 0 spiro atoms. The van der Waals surface area contributed by atoms with E-state index in [0.717, 1.165) is 4.90 Å². The number of pyridine rings is 1. The van der Waals surface area contributed by atoms with Crippen LogP contribution in [0.1, 0.15) is 52.7 Å². The van der Waals surface area contributed by atoms with Crippen LogP contribution in [0.5, 0.6) is 11.5 Å². The summed E-state index contributed by atoms with van der Waals surface area (Å²) in [6, 6.07) is 16.3. The number of allylic oxidation sites excluding steroid dienone is 2. The molecule has 4 aromatic rings. The Morgan fingerprint density at radius 1 is 0.983 bits per heavy atom. The van der Waals surface area contributed by atoms with Gasteiger partial charge in [0.2, 0.25) is 11.8 Å². The number of amides is 4. The summed E-state index contributed by atoms with van der Waals surface area (Å²) in [5.41, 5.74) is 1.75. The molecule has 2 aliphatic carbocycles. The van der Waals surface area contributed by atoms with Crippen molar-refractivity contribution in [3.8, 4) is 11.5 Å². The molecule has 6 unspecified atom stereocenters. The molecule has 2 saturated heterocycles. The summed E-state index contributed by atoms with van der Waals surface area (Å²) in [7, 11) is 1.36. The summed E-state index contributed by atoms with van der Waals surface area (Å²) in [6.45, 7) is 1.40. The Kier molecular flexibility index (Phi) is 9.87. The molecule has 17 heteroatoms. The molecule has 1 saturated carbocycles. The first-order valence-electron chi connectivity index (χ1n) is 17.9. The van der Waals surface area contributed by atoms with Gasteiger partial charge in [0, 0.05) is 22.7 Å². The van der Waals surface area contributed by atoms with Crippen molar-refractivity contribution >= 4 is 86.7 Å². The number of Topliss-reactive ketones (excluding diaryl/α,β-unsaturated/α-hetero) is 1. The van der Waals surface area contributed by atoms with Gasteiger partial charge in [0.25, 0.3) is 11.8 Å². The number of ketones is 1. The monoisotopic (exact) mass is 944 g/mol. The minimum absolute atomic E-state index is 0.0703. The number of hydrogen-bond acceptors (Lipinski definition) is 9. The molecule has 0 bridgehead atoms. The minimum Gasteiger partial charge on any atom is -0.504 e. The van der Waals surface area contributed by atoms with Crippen LogP contribution in [0.25, 0.3) is 0 Å². The van der Waals surface area contributed by atoms with Crippen LogP contribution in [0.3, 0.4) is 0 Å². The second kappa shape index (κ2) is 14.4. The van der Waals surface area contributed by atoms with Gasteiger partial charge in [0.1, 0.15) is 0 Å². The van der Waals surface area contributed by atoms with Gasteiger partial charge in [-0.2, -0.15) is 18.2 Å². The second-order valence-electron chi connectivity index (χ2n) is 14.6. The van der Waals surface area contributed by atoms with E-state index in [2.05, 4.69) is 10.4 Å². The highest BCUT2D eigenvalue weighted by atomic mass is 127. The van der Waals surface area contributed by atoms with Crippen LogP contribution >= 0.6 is 45.8 Å². The van der Waals surface area contributed by atoms with Crippen molar-refractivity contribution in [2.24, 2.45) is 23.7 Å². The van der Waals surface area contributed by atoms with Gasteiger partial charge in [-0.3, -0.25) is 34.3 Å². The maximum atomic E-state index is 15.4. The molecule has 2 N–H and O–H groups in total. The first-order chi connectivity index (χ1) is 27.5. The van der Waals surface area contributed by atoms with E-state index in [1.165, 1.54) is 38.3 Å². The zero-order chi connectivity index (χ0) is 41.6. The fourth-order valence-electron chi connectivity index (χ4n) is 9.17. The Hall–Kier alpha value is -5.00. The molecule has 6 atom stereocenters. The summed E-state index contributed by atoms with van der Waals surface area (Å²) in [5, 5.41) is 11.5. The van der Waals surface area contributed by atoms with Crippen LogP contribution in [-0.4, -0.2) is 51.6 Å². The highest BCUT2D eigenvalue weighted by Gasteiger charge is 2.70. The number of hydrogen-bond donors (Lipinski definition) is 2. The standard InChI is InChI=1S/C41H30Cl2F3IN4O7/c1-18(52)19-3-9-24(10-4-19)50-36(54)26-12-11-25-27(32(26)38(50)56)16-28-37(55)51(49-35-29(43)15-22(17-48-35)41(44,45)46)39(57)40(28,21-5-7-23(42)8-6-21)33(25)20-13-30(47)34(53)31(14-20)58-2/h3-11,13-15,17,26-28,32-33,53H,12,16H2,1-2H3,(H,48,49). The van der Waals surface area contributed by atoms with Crippen LogP contribution in [0.4, 0.5) is 24.7 Å². The Labute approximate surface area is 352 Å². The molecule has 8 rings (SSSR count). The lowest BCUT2D eigenvalue weighted by Gasteiger charge is -2.50. The van der Waals surface area contributed by atoms with Crippen molar-refractivity contribution in [1.82, 2.24) is 9.99 Å². The Morgan fingerprint density at radius 2 is 1.67 bits per heavy atom. The molecular formula is C41H30Cl2F3IN4O7. The number of hydrazine groups is 1. The molecule has 3 aromatic carbocycles. The third-order valence-electron chi connectivity index (χ3n) is 11.7. The van der Waals surface area contributed by atoms with E-state index in [0.29, 0.717) is 48.1 Å². The molecule has 3 heterocycles. The van der Waals surface area contributed by atoms with Crippen LogP contribution in [-0.2, 0) is 30.8 Å².